The maximum absolute atomic E-state index is 14.3. The van der Waals surface area contributed by atoms with Gasteiger partial charge in [0.05, 0.1) is 17.7 Å². The van der Waals surface area contributed by atoms with Crippen molar-refractivity contribution >= 4 is 5.95 Å². The minimum absolute atomic E-state index is 0.319. The average Bonchev–Trinajstić information content (AvgIpc) is 3.33. The number of benzene rings is 2. The van der Waals surface area contributed by atoms with Gasteiger partial charge in [0.2, 0.25) is 5.95 Å². The highest BCUT2D eigenvalue weighted by molar-refractivity contribution is 5.41. The molecule has 2 heterocycles. The van der Waals surface area contributed by atoms with Crippen molar-refractivity contribution in [2.75, 3.05) is 5.32 Å². The van der Waals surface area contributed by atoms with Gasteiger partial charge in [-0.2, -0.15) is 4.68 Å². The zero-order chi connectivity index (χ0) is 17.9. The molecule has 0 aliphatic carbocycles. The van der Waals surface area contributed by atoms with Gasteiger partial charge in [-0.15, -0.1) is 0 Å². The zero-order valence-electron chi connectivity index (χ0n) is 14.0. The molecule has 0 aliphatic rings. The molecule has 0 saturated heterocycles. The lowest BCUT2D eigenvalue weighted by atomic mass is 10.2. The molecule has 0 amide bonds. The fourth-order valence-electron chi connectivity index (χ4n) is 2.61. The predicted molar refractivity (Wildman–Crippen MR) is 94.7 cm³/mol. The van der Waals surface area contributed by atoms with Crippen LogP contribution in [0.5, 0.6) is 0 Å². The number of halogens is 1. The van der Waals surface area contributed by atoms with Crippen molar-refractivity contribution in [1.82, 2.24) is 29.8 Å². The van der Waals surface area contributed by atoms with E-state index in [-0.39, 0.29) is 5.82 Å². The Morgan fingerprint density at radius 2 is 1.96 bits per heavy atom. The van der Waals surface area contributed by atoms with Gasteiger partial charge in [-0.3, -0.25) is 0 Å². The second-order valence-corrected chi connectivity index (χ2v) is 5.86. The minimum atomic E-state index is -0.319. The molecule has 4 aromatic rings. The summed E-state index contributed by atoms with van der Waals surface area (Å²) in [5, 5.41) is 14.9. The number of hydrogen-bond acceptors (Lipinski definition) is 5. The first-order chi connectivity index (χ1) is 12.7. The molecule has 0 atom stereocenters. The molecule has 130 valence electrons. The van der Waals surface area contributed by atoms with E-state index in [4.69, 9.17) is 0 Å². The van der Waals surface area contributed by atoms with Gasteiger partial charge in [0, 0.05) is 18.9 Å². The largest absolute Gasteiger partial charge is 0.349 e. The van der Waals surface area contributed by atoms with E-state index >= 15 is 0 Å². The van der Waals surface area contributed by atoms with Crippen LogP contribution in [0.15, 0.2) is 61.2 Å². The third-order valence-corrected chi connectivity index (χ3v) is 3.99. The summed E-state index contributed by atoms with van der Waals surface area (Å²) in [4.78, 5) is 3.94. The smallest absolute Gasteiger partial charge is 0.248 e. The van der Waals surface area contributed by atoms with Crippen molar-refractivity contribution in [2.24, 2.45) is 0 Å². The van der Waals surface area contributed by atoms with Crippen molar-refractivity contribution < 1.29 is 4.39 Å². The number of imidazole rings is 1. The highest BCUT2D eigenvalue weighted by atomic mass is 19.1. The van der Waals surface area contributed by atoms with Crippen LogP contribution in [-0.4, -0.2) is 29.8 Å². The number of tetrazole rings is 1. The van der Waals surface area contributed by atoms with E-state index in [1.165, 1.54) is 6.07 Å². The Balaban J connectivity index is 1.51. The van der Waals surface area contributed by atoms with E-state index in [0.29, 0.717) is 18.2 Å². The lowest BCUT2D eigenvalue weighted by Crippen LogP contribution is -2.08. The normalized spacial score (nSPS) is 10.8. The second-order valence-electron chi connectivity index (χ2n) is 5.86. The topological polar surface area (TPSA) is 73.5 Å². The highest BCUT2D eigenvalue weighted by Gasteiger charge is 2.09. The van der Waals surface area contributed by atoms with Crippen molar-refractivity contribution in [2.45, 2.75) is 13.5 Å². The summed E-state index contributed by atoms with van der Waals surface area (Å²) >= 11 is 0. The summed E-state index contributed by atoms with van der Waals surface area (Å²) in [6, 6.07) is 12.9. The molecule has 0 saturated carbocycles. The Labute approximate surface area is 149 Å². The first-order valence-electron chi connectivity index (χ1n) is 8.07. The number of rotatable bonds is 5. The van der Waals surface area contributed by atoms with E-state index in [1.807, 2.05) is 37.3 Å². The molecule has 7 nitrogen and oxygen atoms in total. The number of aromatic nitrogens is 6. The van der Waals surface area contributed by atoms with Crippen LogP contribution < -0.4 is 5.32 Å². The molecule has 2 aromatic heterocycles. The molecule has 0 radical (unpaired) electrons. The molecular formula is C18H16FN7. The lowest BCUT2D eigenvalue weighted by Gasteiger charge is -2.09. The third kappa shape index (κ3) is 3.16. The van der Waals surface area contributed by atoms with E-state index in [9.17, 15) is 4.39 Å². The maximum atomic E-state index is 14.3. The van der Waals surface area contributed by atoms with E-state index < -0.39 is 0 Å². The first-order valence-corrected chi connectivity index (χ1v) is 8.07. The van der Waals surface area contributed by atoms with Crippen molar-refractivity contribution in [1.29, 1.82) is 0 Å². The van der Waals surface area contributed by atoms with Gasteiger partial charge in [-0.05, 0) is 47.2 Å². The Morgan fingerprint density at radius 1 is 1.12 bits per heavy atom. The molecule has 0 unspecified atom stereocenters. The van der Waals surface area contributed by atoms with Crippen LogP contribution >= 0.6 is 0 Å². The van der Waals surface area contributed by atoms with Crippen molar-refractivity contribution in [3.8, 4) is 11.4 Å². The monoisotopic (exact) mass is 349 g/mol. The summed E-state index contributed by atoms with van der Waals surface area (Å²) in [6.07, 6.45) is 4.87. The van der Waals surface area contributed by atoms with Gasteiger partial charge in [0.1, 0.15) is 5.82 Å². The van der Waals surface area contributed by atoms with Crippen LogP contribution in [0.25, 0.3) is 11.4 Å². The molecule has 1 N–H and O–H groups in total. The van der Waals surface area contributed by atoms with Crippen LogP contribution in [-0.2, 0) is 6.54 Å². The average molecular weight is 349 g/mol. The molecule has 0 bridgehead atoms. The molecule has 2 aromatic carbocycles. The van der Waals surface area contributed by atoms with E-state index in [1.54, 1.807) is 34.0 Å². The molecule has 0 fully saturated rings. The SMILES string of the molecule is Cc1ccc(-n2nnnc2NCc2ccc(-n3ccnc3)c(F)c2)cc1. The number of anilines is 1. The second kappa shape index (κ2) is 6.75. The van der Waals surface area contributed by atoms with Crippen LogP contribution in [0.1, 0.15) is 11.1 Å². The van der Waals surface area contributed by atoms with Crippen LogP contribution in [0.2, 0.25) is 0 Å². The highest BCUT2D eigenvalue weighted by Crippen LogP contribution is 2.17. The fourth-order valence-corrected chi connectivity index (χ4v) is 2.61. The van der Waals surface area contributed by atoms with Crippen LogP contribution in [0.4, 0.5) is 10.3 Å². The standard InChI is InChI=1S/C18H16FN7/c1-13-2-5-15(6-3-13)26-18(22-23-24-26)21-11-14-4-7-17(16(19)10-14)25-9-8-20-12-25/h2-10,12H,11H2,1H3,(H,21,22,24). The van der Waals surface area contributed by atoms with Crippen LogP contribution in [0.3, 0.4) is 0 Å². The molecule has 4 rings (SSSR count). The summed E-state index contributed by atoms with van der Waals surface area (Å²) < 4.78 is 17.6. The van der Waals surface area contributed by atoms with Gasteiger partial charge < -0.3 is 9.88 Å². The summed E-state index contributed by atoms with van der Waals surface area (Å²) in [5.74, 6) is 0.174. The summed E-state index contributed by atoms with van der Waals surface area (Å²) in [7, 11) is 0. The van der Waals surface area contributed by atoms with Gasteiger partial charge >= 0.3 is 0 Å². The Kier molecular flexibility index (Phi) is 4.14. The maximum Gasteiger partial charge on any atom is 0.248 e. The lowest BCUT2D eigenvalue weighted by molar-refractivity contribution is 0.616. The van der Waals surface area contributed by atoms with Gasteiger partial charge in [0.15, 0.2) is 0 Å². The van der Waals surface area contributed by atoms with Crippen molar-refractivity contribution in [3.05, 3.63) is 78.1 Å². The molecule has 0 spiro atoms. The molecule has 0 aliphatic heterocycles. The summed E-state index contributed by atoms with van der Waals surface area (Å²) in [6.45, 7) is 2.41. The van der Waals surface area contributed by atoms with Crippen molar-refractivity contribution in [3.63, 3.8) is 0 Å². The van der Waals surface area contributed by atoms with Gasteiger partial charge in [-0.1, -0.05) is 28.9 Å². The molecule has 26 heavy (non-hydrogen) atoms. The molecular weight excluding hydrogens is 333 g/mol. The van der Waals surface area contributed by atoms with Gasteiger partial charge in [-0.25, -0.2) is 9.37 Å². The van der Waals surface area contributed by atoms with Crippen LogP contribution in [0, 0.1) is 12.7 Å². The van der Waals surface area contributed by atoms with Gasteiger partial charge in [0.25, 0.3) is 0 Å². The zero-order valence-corrected chi connectivity index (χ0v) is 14.0. The fraction of sp³-hybridized carbons (Fsp3) is 0.111. The third-order valence-electron chi connectivity index (χ3n) is 3.99. The minimum Gasteiger partial charge on any atom is -0.349 e. The molecule has 8 heteroatoms. The Morgan fingerprint density at radius 3 is 2.69 bits per heavy atom. The number of hydrogen-bond donors (Lipinski definition) is 1. The first kappa shape index (κ1) is 15.9. The quantitative estimate of drug-likeness (QED) is 0.600. The number of nitrogens with one attached hydrogen (secondary N) is 1. The summed E-state index contributed by atoms with van der Waals surface area (Å²) in [5.41, 5.74) is 3.25. The van der Waals surface area contributed by atoms with E-state index in [0.717, 1.165) is 16.8 Å². The predicted octanol–water partition coefficient (Wildman–Crippen LogP) is 2.91. The number of aryl methyl sites for hydroxylation is 1. The Bertz CT molecular complexity index is 1010. The van der Waals surface area contributed by atoms with E-state index in [2.05, 4.69) is 25.8 Å². The Hall–Kier alpha value is -3.55. The number of nitrogens with zero attached hydrogens (tertiary/aromatic N) is 6.